The van der Waals surface area contributed by atoms with Crippen molar-refractivity contribution in [2.45, 2.75) is 19.9 Å². The maximum Gasteiger partial charge on any atom is 0.161 e. The second kappa shape index (κ2) is 7.70. The second-order valence-electron chi connectivity index (χ2n) is 4.70. The fourth-order valence-corrected chi connectivity index (χ4v) is 2.42. The smallest absolute Gasteiger partial charge is 0.161 e. The van der Waals surface area contributed by atoms with Gasteiger partial charge in [-0.3, -0.25) is 0 Å². The van der Waals surface area contributed by atoms with E-state index in [0.717, 1.165) is 17.1 Å². The van der Waals surface area contributed by atoms with Gasteiger partial charge >= 0.3 is 0 Å². The molecule has 0 bridgehead atoms. The molecule has 1 N–H and O–H groups in total. The highest BCUT2D eigenvalue weighted by molar-refractivity contribution is 5.46. The second-order valence-corrected chi connectivity index (χ2v) is 4.70. The van der Waals surface area contributed by atoms with Gasteiger partial charge < -0.3 is 14.8 Å². The first-order valence-electron chi connectivity index (χ1n) is 7.41. The highest BCUT2D eigenvalue weighted by Gasteiger charge is 2.14. The van der Waals surface area contributed by atoms with E-state index >= 15 is 0 Å². The zero-order chi connectivity index (χ0) is 15.1. The van der Waals surface area contributed by atoms with Crippen LogP contribution in [0.3, 0.4) is 0 Å². The lowest BCUT2D eigenvalue weighted by molar-refractivity contribution is 0.287. The SMILES string of the molecule is CCOc1ccc(C(NC)c2ccccc2)cc1OCC. The minimum absolute atomic E-state index is 0.140. The van der Waals surface area contributed by atoms with Gasteiger partial charge in [0.05, 0.1) is 19.3 Å². The molecule has 0 saturated heterocycles. The molecule has 3 nitrogen and oxygen atoms in total. The van der Waals surface area contributed by atoms with Gasteiger partial charge in [0.15, 0.2) is 11.5 Å². The molecule has 2 aromatic rings. The average Bonchev–Trinajstić information content (AvgIpc) is 2.52. The van der Waals surface area contributed by atoms with Crippen molar-refractivity contribution < 1.29 is 9.47 Å². The topological polar surface area (TPSA) is 30.5 Å². The van der Waals surface area contributed by atoms with Crippen molar-refractivity contribution >= 4 is 0 Å². The van der Waals surface area contributed by atoms with Crippen LogP contribution < -0.4 is 14.8 Å². The average molecular weight is 285 g/mol. The first-order chi connectivity index (χ1) is 10.3. The van der Waals surface area contributed by atoms with Crippen LogP contribution in [-0.2, 0) is 0 Å². The number of ether oxygens (including phenoxy) is 2. The van der Waals surface area contributed by atoms with Gasteiger partial charge in [0.25, 0.3) is 0 Å². The van der Waals surface area contributed by atoms with E-state index in [0.29, 0.717) is 13.2 Å². The number of hydrogen-bond donors (Lipinski definition) is 1. The summed E-state index contributed by atoms with van der Waals surface area (Å²) in [6.45, 7) is 5.21. The lowest BCUT2D eigenvalue weighted by atomic mass is 9.98. The summed E-state index contributed by atoms with van der Waals surface area (Å²) < 4.78 is 11.3. The molecule has 0 aliphatic carbocycles. The number of rotatable bonds is 7. The normalized spacial score (nSPS) is 12.0. The third kappa shape index (κ3) is 3.76. The standard InChI is InChI=1S/C18H23NO2/c1-4-20-16-12-11-15(13-17(16)21-5-2)18(19-3)14-9-7-6-8-10-14/h6-13,18-19H,4-5H2,1-3H3. The molecule has 1 atom stereocenters. The van der Waals surface area contributed by atoms with Crippen molar-refractivity contribution in [3.8, 4) is 11.5 Å². The first-order valence-corrected chi connectivity index (χ1v) is 7.41. The zero-order valence-electron chi connectivity index (χ0n) is 12.9. The molecule has 0 amide bonds. The van der Waals surface area contributed by atoms with Crippen LogP contribution in [0.1, 0.15) is 31.0 Å². The van der Waals surface area contributed by atoms with Crippen LogP contribution in [0.5, 0.6) is 11.5 Å². The lowest BCUT2D eigenvalue weighted by Gasteiger charge is -2.19. The minimum Gasteiger partial charge on any atom is -0.490 e. The van der Waals surface area contributed by atoms with E-state index in [1.807, 2.05) is 33.0 Å². The van der Waals surface area contributed by atoms with Crippen LogP contribution in [0.4, 0.5) is 0 Å². The Labute approximate surface area is 126 Å². The summed E-state index contributed by atoms with van der Waals surface area (Å²) in [5.74, 6) is 1.60. The van der Waals surface area contributed by atoms with E-state index in [-0.39, 0.29) is 6.04 Å². The summed E-state index contributed by atoms with van der Waals surface area (Å²) in [6, 6.07) is 16.6. The molecule has 3 heteroatoms. The van der Waals surface area contributed by atoms with Gasteiger partial charge in [0, 0.05) is 0 Å². The van der Waals surface area contributed by atoms with Crippen LogP contribution in [0.15, 0.2) is 48.5 Å². The van der Waals surface area contributed by atoms with Crippen molar-refractivity contribution in [2.75, 3.05) is 20.3 Å². The molecule has 21 heavy (non-hydrogen) atoms. The van der Waals surface area contributed by atoms with Crippen LogP contribution in [0.2, 0.25) is 0 Å². The minimum atomic E-state index is 0.140. The Bertz CT molecular complexity index is 554. The molecule has 2 aromatic carbocycles. The van der Waals surface area contributed by atoms with Gasteiger partial charge in [0.1, 0.15) is 0 Å². The Balaban J connectivity index is 2.35. The van der Waals surface area contributed by atoms with E-state index in [1.54, 1.807) is 0 Å². The summed E-state index contributed by atoms with van der Waals surface area (Å²) in [5, 5.41) is 3.36. The summed E-state index contributed by atoms with van der Waals surface area (Å²) in [7, 11) is 1.97. The molecule has 1 unspecified atom stereocenters. The fraction of sp³-hybridized carbons (Fsp3) is 0.333. The van der Waals surface area contributed by atoms with Gasteiger partial charge in [-0.05, 0) is 44.2 Å². The molecule has 112 valence electrons. The summed E-state index contributed by atoms with van der Waals surface area (Å²) >= 11 is 0. The third-order valence-electron chi connectivity index (χ3n) is 3.32. The Morgan fingerprint density at radius 2 is 1.52 bits per heavy atom. The van der Waals surface area contributed by atoms with E-state index in [2.05, 4.69) is 41.7 Å². The summed E-state index contributed by atoms with van der Waals surface area (Å²) in [5.41, 5.74) is 2.39. The van der Waals surface area contributed by atoms with Crippen molar-refractivity contribution in [3.63, 3.8) is 0 Å². The summed E-state index contributed by atoms with van der Waals surface area (Å²) in [4.78, 5) is 0. The predicted octanol–water partition coefficient (Wildman–Crippen LogP) is 3.79. The molecular weight excluding hydrogens is 262 g/mol. The zero-order valence-corrected chi connectivity index (χ0v) is 12.9. The Morgan fingerprint density at radius 3 is 2.14 bits per heavy atom. The monoisotopic (exact) mass is 285 g/mol. The number of benzene rings is 2. The molecular formula is C18H23NO2. The van der Waals surface area contributed by atoms with Crippen molar-refractivity contribution in [3.05, 3.63) is 59.7 Å². The van der Waals surface area contributed by atoms with E-state index in [4.69, 9.17) is 9.47 Å². The van der Waals surface area contributed by atoms with E-state index in [9.17, 15) is 0 Å². The fourth-order valence-electron chi connectivity index (χ4n) is 2.42. The molecule has 2 rings (SSSR count). The van der Waals surface area contributed by atoms with Crippen LogP contribution >= 0.6 is 0 Å². The Morgan fingerprint density at radius 1 is 0.857 bits per heavy atom. The van der Waals surface area contributed by atoms with Crippen molar-refractivity contribution in [1.82, 2.24) is 5.32 Å². The molecule has 0 radical (unpaired) electrons. The molecule has 0 aliphatic heterocycles. The highest BCUT2D eigenvalue weighted by atomic mass is 16.5. The summed E-state index contributed by atoms with van der Waals surface area (Å²) in [6.07, 6.45) is 0. The third-order valence-corrected chi connectivity index (χ3v) is 3.32. The van der Waals surface area contributed by atoms with Crippen molar-refractivity contribution in [1.29, 1.82) is 0 Å². The van der Waals surface area contributed by atoms with Gasteiger partial charge in [-0.2, -0.15) is 0 Å². The Kier molecular flexibility index (Phi) is 5.64. The highest BCUT2D eigenvalue weighted by Crippen LogP contribution is 2.32. The van der Waals surface area contributed by atoms with Crippen LogP contribution in [-0.4, -0.2) is 20.3 Å². The van der Waals surface area contributed by atoms with E-state index in [1.165, 1.54) is 5.56 Å². The van der Waals surface area contributed by atoms with Gasteiger partial charge in [-0.15, -0.1) is 0 Å². The number of hydrogen-bond acceptors (Lipinski definition) is 3. The molecule has 0 heterocycles. The van der Waals surface area contributed by atoms with Crippen molar-refractivity contribution in [2.24, 2.45) is 0 Å². The maximum atomic E-state index is 5.71. The van der Waals surface area contributed by atoms with Crippen LogP contribution in [0, 0.1) is 0 Å². The molecule has 0 aliphatic rings. The quantitative estimate of drug-likeness (QED) is 0.839. The maximum absolute atomic E-state index is 5.71. The van der Waals surface area contributed by atoms with Gasteiger partial charge in [-0.25, -0.2) is 0 Å². The van der Waals surface area contributed by atoms with Gasteiger partial charge in [-0.1, -0.05) is 36.4 Å². The predicted molar refractivity (Wildman–Crippen MR) is 86.1 cm³/mol. The molecule has 0 aromatic heterocycles. The largest absolute Gasteiger partial charge is 0.490 e. The van der Waals surface area contributed by atoms with Gasteiger partial charge in [0.2, 0.25) is 0 Å². The number of nitrogens with one attached hydrogen (secondary N) is 1. The van der Waals surface area contributed by atoms with Crippen LogP contribution in [0.25, 0.3) is 0 Å². The van der Waals surface area contributed by atoms with E-state index < -0.39 is 0 Å². The Hall–Kier alpha value is -2.00. The first kappa shape index (κ1) is 15.4. The lowest BCUT2D eigenvalue weighted by Crippen LogP contribution is -2.17. The molecule has 0 saturated carbocycles. The molecule has 0 spiro atoms. The molecule has 0 fully saturated rings.